The van der Waals surface area contributed by atoms with Crippen molar-refractivity contribution in [2.24, 2.45) is 0 Å². The summed E-state index contributed by atoms with van der Waals surface area (Å²) in [5.41, 5.74) is 0.749. The lowest BCUT2D eigenvalue weighted by molar-refractivity contribution is -0.169. The molecule has 3 fully saturated rings. The van der Waals surface area contributed by atoms with Crippen molar-refractivity contribution in [2.45, 2.75) is 18.6 Å². The maximum atomic E-state index is 12.7. The van der Waals surface area contributed by atoms with Crippen LogP contribution in [0.1, 0.15) is 6.42 Å². The molecule has 0 spiro atoms. The normalized spacial score (nSPS) is 28.9. The molecule has 1 aromatic carbocycles. The number of halogens is 1. The van der Waals surface area contributed by atoms with E-state index in [4.69, 9.17) is 4.74 Å². The summed E-state index contributed by atoms with van der Waals surface area (Å²) in [5, 5.41) is 0. The van der Waals surface area contributed by atoms with Crippen molar-refractivity contribution < 1.29 is 13.9 Å². The number of carbonyl (C=O) groups excluding carboxylic acids is 1. The number of amides is 1. The molecule has 2 atom stereocenters. The molecule has 15 heavy (non-hydrogen) atoms. The van der Waals surface area contributed by atoms with Gasteiger partial charge in [-0.3, -0.25) is 4.79 Å². The SMILES string of the molecule is O=C1C2CC(CN1c1ccc(F)cc1)O2. The molecule has 1 aromatic rings. The molecular weight excluding hydrogens is 197 g/mol. The number of morpholine rings is 1. The quantitative estimate of drug-likeness (QED) is 0.695. The van der Waals surface area contributed by atoms with E-state index in [2.05, 4.69) is 0 Å². The van der Waals surface area contributed by atoms with Gasteiger partial charge in [-0.15, -0.1) is 0 Å². The minimum absolute atomic E-state index is 0.0101. The van der Waals surface area contributed by atoms with Crippen LogP contribution in [0.2, 0.25) is 0 Å². The molecule has 4 rings (SSSR count). The minimum Gasteiger partial charge on any atom is -0.363 e. The van der Waals surface area contributed by atoms with Gasteiger partial charge < -0.3 is 9.64 Å². The number of hydrogen-bond acceptors (Lipinski definition) is 2. The molecular formula is C11H10FNO2. The van der Waals surface area contributed by atoms with Crippen molar-refractivity contribution in [1.82, 2.24) is 0 Å². The molecule has 3 aliphatic heterocycles. The molecule has 3 aliphatic rings. The van der Waals surface area contributed by atoms with Crippen LogP contribution in [-0.2, 0) is 9.53 Å². The first-order valence-corrected chi connectivity index (χ1v) is 4.96. The Morgan fingerprint density at radius 2 is 2.00 bits per heavy atom. The third kappa shape index (κ3) is 1.33. The summed E-state index contributed by atoms with van der Waals surface area (Å²) in [5.74, 6) is -0.297. The molecule has 78 valence electrons. The fourth-order valence-electron chi connectivity index (χ4n) is 2.06. The fourth-order valence-corrected chi connectivity index (χ4v) is 2.06. The average molecular weight is 207 g/mol. The molecule has 0 aliphatic carbocycles. The van der Waals surface area contributed by atoms with Crippen LogP contribution in [0.4, 0.5) is 10.1 Å². The lowest BCUT2D eigenvalue weighted by atomic mass is 9.97. The number of rotatable bonds is 1. The number of benzene rings is 1. The van der Waals surface area contributed by atoms with Crippen molar-refractivity contribution in [3.8, 4) is 0 Å². The van der Waals surface area contributed by atoms with Crippen molar-refractivity contribution in [1.29, 1.82) is 0 Å². The van der Waals surface area contributed by atoms with Crippen molar-refractivity contribution in [2.75, 3.05) is 11.4 Å². The van der Waals surface area contributed by atoms with Gasteiger partial charge in [0, 0.05) is 12.1 Å². The van der Waals surface area contributed by atoms with Gasteiger partial charge in [-0.2, -0.15) is 0 Å². The Labute approximate surface area is 86.4 Å². The molecule has 2 bridgehead atoms. The Kier molecular flexibility index (Phi) is 1.79. The van der Waals surface area contributed by atoms with Crippen LogP contribution in [0.3, 0.4) is 0 Å². The first kappa shape index (κ1) is 8.85. The Bertz CT molecular complexity index is 398. The zero-order valence-corrected chi connectivity index (χ0v) is 8.02. The van der Waals surface area contributed by atoms with E-state index in [-0.39, 0.29) is 23.9 Å². The summed E-state index contributed by atoms with van der Waals surface area (Å²) in [6.07, 6.45) is 0.725. The van der Waals surface area contributed by atoms with E-state index in [0.29, 0.717) is 6.54 Å². The molecule has 2 unspecified atom stereocenters. The van der Waals surface area contributed by atoms with E-state index < -0.39 is 0 Å². The maximum absolute atomic E-state index is 12.7. The average Bonchev–Trinajstić information content (AvgIpc) is 2.18. The number of anilines is 1. The zero-order valence-electron chi connectivity index (χ0n) is 8.02. The summed E-state index contributed by atoms with van der Waals surface area (Å²) >= 11 is 0. The molecule has 4 heteroatoms. The Balaban J connectivity index is 1.88. The highest BCUT2D eigenvalue weighted by atomic mass is 19.1. The van der Waals surface area contributed by atoms with Gasteiger partial charge in [0.25, 0.3) is 5.91 Å². The molecule has 0 radical (unpaired) electrons. The Morgan fingerprint density at radius 3 is 2.60 bits per heavy atom. The molecule has 0 N–H and O–H groups in total. The highest BCUT2D eigenvalue weighted by Gasteiger charge is 2.45. The van der Waals surface area contributed by atoms with Crippen LogP contribution < -0.4 is 4.90 Å². The monoisotopic (exact) mass is 207 g/mol. The summed E-state index contributed by atoms with van der Waals surface area (Å²) in [4.78, 5) is 13.4. The van der Waals surface area contributed by atoms with Crippen LogP contribution in [0.5, 0.6) is 0 Å². The number of fused-ring (bicyclic) bond motifs is 2. The van der Waals surface area contributed by atoms with Gasteiger partial charge in [-0.05, 0) is 24.3 Å². The van der Waals surface area contributed by atoms with Gasteiger partial charge in [0.2, 0.25) is 0 Å². The zero-order chi connectivity index (χ0) is 10.4. The molecule has 0 saturated carbocycles. The van der Waals surface area contributed by atoms with E-state index in [1.165, 1.54) is 12.1 Å². The topological polar surface area (TPSA) is 29.5 Å². The first-order chi connectivity index (χ1) is 7.24. The molecule has 3 nitrogen and oxygen atoms in total. The Hall–Kier alpha value is -1.42. The van der Waals surface area contributed by atoms with Crippen LogP contribution in [-0.4, -0.2) is 24.7 Å². The largest absolute Gasteiger partial charge is 0.363 e. The van der Waals surface area contributed by atoms with Gasteiger partial charge in [0.15, 0.2) is 0 Å². The van der Waals surface area contributed by atoms with Gasteiger partial charge in [-0.25, -0.2) is 4.39 Å². The highest BCUT2D eigenvalue weighted by molar-refractivity contribution is 5.98. The molecule has 3 saturated heterocycles. The standard InChI is InChI=1S/C11H10FNO2/c12-7-1-3-8(4-2-7)13-6-9-5-10(15-9)11(13)14/h1-4,9-10H,5-6H2. The number of hydrogen-bond donors (Lipinski definition) is 0. The van der Waals surface area contributed by atoms with Crippen molar-refractivity contribution >= 4 is 11.6 Å². The second-order valence-corrected chi connectivity index (χ2v) is 3.91. The third-order valence-corrected chi connectivity index (χ3v) is 2.90. The summed E-state index contributed by atoms with van der Waals surface area (Å²) in [7, 11) is 0. The molecule has 1 amide bonds. The summed E-state index contributed by atoms with van der Waals surface area (Å²) in [6, 6.07) is 5.98. The second-order valence-electron chi connectivity index (χ2n) is 3.91. The highest BCUT2D eigenvalue weighted by Crippen LogP contribution is 2.32. The molecule has 3 heterocycles. The van der Waals surface area contributed by atoms with Gasteiger partial charge >= 0.3 is 0 Å². The number of piperidine rings is 1. The summed E-state index contributed by atoms with van der Waals surface area (Å²) < 4.78 is 18.0. The van der Waals surface area contributed by atoms with Crippen LogP contribution >= 0.6 is 0 Å². The minimum atomic E-state index is -0.287. The van der Waals surface area contributed by atoms with Crippen LogP contribution in [0.15, 0.2) is 24.3 Å². The van der Waals surface area contributed by atoms with E-state index >= 15 is 0 Å². The van der Waals surface area contributed by atoms with Crippen molar-refractivity contribution in [3.05, 3.63) is 30.1 Å². The van der Waals surface area contributed by atoms with Crippen LogP contribution in [0.25, 0.3) is 0 Å². The maximum Gasteiger partial charge on any atom is 0.256 e. The van der Waals surface area contributed by atoms with Gasteiger partial charge in [-0.1, -0.05) is 0 Å². The number of carbonyl (C=O) groups is 1. The van der Waals surface area contributed by atoms with Gasteiger partial charge in [0.05, 0.1) is 12.6 Å². The molecule has 0 aromatic heterocycles. The van der Waals surface area contributed by atoms with Crippen LogP contribution in [0, 0.1) is 5.82 Å². The van der Waals surface area contributed by atoms with Gasteiger partial charge in [0.1, 0.15) is 11.9 Å². The van der Waals surface area contributed by atoms with E-state index in [1.54, 1.807) is 17.0 Å². The lowest BCUT2D eigenvalue weighted by Crippen LogP contribution is -2.61. The lowest BCUT2D eigenvalue weighted by Gasteiger charge is -2.45. The van der Waals surface area contributed by atoms with E-state index in [9.17, 15) is 9.18 Å². The predicted molar refractivity (Wildman–Crippen MR) is 52.0 cm³/mol. The fraction of sp³-hybridized carbons (Fsp3) is 0.364. The predicted octanol–water partition coefficient (Wildman–Crippen LogP) is 1.33. The third-order valence-electron chi connectivity index (χ3n) is 2.90. The van der Waals surface area contributed by atoms with E-state index in [0.717, 1.165) is 12.1 Å². The smallest absolute Gasteiger partial charge is 0.256 e. The number of nitrogens with zero attached hydrogens (tertiary/aromatic N) is 1. The first-order valence-electron chi connectivity index (χ1n) is 4.96. The Morgan fingerprint density at radius 1 is 1.33 bits per heavy atom. The second kappa shape index (κ2) is 3.03. The van der Waals surface area contributed by atoms with Crippen molar-refractivity contribution in [3.63, 3.8) is 0 Å². The number of ether oxygens (including phenoxy) is 1. The van der Waals surface area contributed by atoms with E-state index in [1.807, 2.05) is 0 Å². The summed E-state index contributed by atoms with van der Waals surface area (Å²) in [6.45, 7) is 0.584.